The molecule has 0 aromatic heterocycles. The monoisotopic (exact) mass is 472 g/mol. The number of benzene rings is 4. The van der Waals surface area contributed by atoms with Crippen LogP contribution in [0.15, 0.2) is 94.5 Å². The van der Waals surface area contributed by atoms with Crippen LogP contribution in [0, 0.1) is 5.82 Å². The molecule has 31 heavy (non-hydrogen) atoms. The molecule has 0 saturated carbocycles. The number of hydrogen-bond acceptors (Lipinski definition) is 3. The van der Waals surface area contributed by atoms with Gasteiger partial charge in [-0.2, -0.15) is 5.10 Å². The van der Waals surface area contributed by atoms with Crippen LogP contribution in [-0.2, 0) is 0 Å². The topological polar surface area (TPSA) is 24.8 Å². The Hall–Kier alpha value is -3.18. The van der Waals surface area contributed by atoms with Crippen molar-refractivity contribution < 1.29 is 9.13 Å². The van der Waals surface area contributed by atoms with E-state index in [0.717, 1.165) is 39.0 Å². The van der Waals surface area contributed by atoms with Gasteiger partial charge in [0.2, 0.25) is 6.23 Å². The van der Waals surface area contributed by atoms with Gasteiger partial charge >= 0.3 is 0 Å². The second kappa shape index (κ2) is 7.20. The van der Waals surface area contributed by atoms with Crippen molar-refractivity contribution >= 4 is 32.4 Å². The van der Waals surface area contributed by atoms with Crippen LogP contribution in [0.25, 0.3) is 10.8 Å². The zero-order chi connectivity index (χ0) is 20.9. The molecule has 5 heteroatoms. The van der Waals surface area contributed by atoms with Gasteiger partial charge in [0.1, 0.15) is 11.6 Å². The first-order valence-electron chi connectivity index (χ1n) is 10.2. The Morgan fingerprint density at radius 1 is 0.903 bits per heavy atom. The van der Waals surface area contributed by atoms with Gasteiger partial charge in [0.05, 0.1) is 11.8 Å². The van der Waals surface area contributed by atoms with Gasteiger partial charge in [0.15, 0.2) is 0 Å². The van der Waals surface area contributed by atoms with Crippen molar-refractivity contribution in [2.24, 2.45) is 5.10 Å². The maximum absolute atomic E-state index is 14.0. The lowest BCUT2D eigenvalue weighted by atomic mass is 9.95. The molecule has 0 N–H and O–H groups in total. The normalized spacial score (nSPS) is 19.5. The van der Waals surface area contributed by atoms with E-state index in [1.165, 1.54) is 22.9 Å². The summed E-state index contributed by atoms with van der Waals surface area (Å²) in [6.07, 6.45) is 0.282. The molecule has 4 aromatic rings. The Balaban J connectivity index is 1.46. The first-order chi connectivity index (χ1) is 15.2. The second-order valence-electron chi connectivity index (χ2n) is 7.92. The lowest BCUT2D eigenvalue weighted by molar-refractivity contribution is -0.0192. The van der Waals surface area contributed by atoms with E-state index in [0.29, 0.717) is 0 Å². The first-order valence-corrected chi connectivity index (χ1v) is 11.0. The maximum atomic E-state index is 14.0. The zero-order valence-corrected chi connectivity index (χ0v) is 18.1. The molecule has 3 nitrogen and oxygen atoms in total. The molecule has 0 unspecified atom stereocenters. The number of hydrogen-bond donors (Lipinski definition) is 0. The van der Waals surface area contributed by atoms with Crippen LogP contribution in [-0.4, -0.2) is 10.7 Å². The van der Waals surface area contributed by atoms with Gasteiger partial charge in [-0.15, -0.1) is 0 Å². The smallest absolute Gasteiger partial charge is 0.213 e. The third kappa shape index (κ3) is 3.20. The number of hydrazone groups is 1. The quantitative estimate of drug-likeness (QED) is 0.314. The van der Waals surface area contributed by atoms with Crippen molar-refractivity contribution in [3.63, 3.8) is 0 Å². The highest BCUT2D eigenvalue weighted by Crippen LogP contribution is 2.48. The predicted molar refractivity (Wildman–Crippen MR) is 124 cm³/mol. The minimum absolute atomic E-state index is 0.0241. The molecular formula is C26H18BrFN2O. The average molecular weight is 473 g/mol. The van der Waals surface area contributed by atoms with Gasteiger partial charge in [0.25, 0.3) is 0 Å². The highest BCUT2D eigenvalue weighted by molar-refractivity contribution is 9.10. The molecule has 0 aliphatic carbocycles. The predicted octanol–water partition coefficient (Wildman–Crippen LogP) is 6.98. The average Bonchev–Trinajstić information content (AvgIpc) is 3.24. The highest BCUT2D eigenvalue weighted by atomic mass is 79.9. The van der Waals surface area contributed by atoms with Crippen molar-refractivity contribution in [2.45, 2.75) is 18.7 Å². The fourth-order valence-electron chi connectivity index (χ4n) is 4.48. The number of ether oxygens (including phenoxy) is 1. The van der Waals surface area contributed by atoms with E-state index >= 15 is 0 Å². The molecule has 2 aliphatic heterocycles. The summed E-state index contributed by atoms with van der Waals surface area (Å²) in [6.45, 7) is 0. The summed E-state index contributed by atoms with van der Waals surface area (Å²) in [4.78, 5) is 0. The summed E-state index contributed by atoms with van der Waals surface area (Å²) in [5.74, 6) is 0.533. The Morgan fingerprint density at radius 2 is 1.77 bits per heavy atom. The SMILES string of the molecule is Fc1cccc([C@@H]2Oc3ccc(Br)cc3[C@H]3CC(c4ccc5ccccc5c4)=NN32)c1. The fourth-order valence-corrected chi connectivity index (χ4v) is 4.86. The van der Waals surface area contributed by atoms with Gasteiger partial charge in [0, 0.05) is 22.0 Å². The van der Waals surface area contributed by atoms with Crippen LogP contribution in [0.5, 0.6) is 5.75 Å². The number of rotatable bonds is 2. The molecule has 0 radical (unpaired) electrons. The fraction of sp³-hybridized carbons (Fsp3) is 0.115. The summed E-state index contributed by atoms with van der Waals surface area (Å²) < 4.78 is 21.3. The van der Waals surface area contributed by atoms with Crippen LogP contribution >= 0.6 is 15.9 Å². The van der Waals surface area contributed by atoms with Crippen molar-refractivity contribution in [3.8, 4) is 5.75 Å². The van der Waals surface area contributed by atoms with Crippen molar-refractivity contribution in [1.29, 1.82) is 0 Å². The largest absolute Gasteiger partial charge is 0.464 e. The molecule has 2 atom stereocenters. The third-order valence-electron chi connectivity index (χ3n) is 5.97. The van der Waals surface area contributed by atoms with Crippen LogP contribution in [0.4, 0.5) is 4.39 Å². The van der Waals surface area contributed by atoms with Crippen LogP contribution < -0.4 is 4.74 Å². The Bertz CT molecular complexity index is 1350. The number of halogens is 2. The van der Waals surface area contributed by atoms with Gasteiger partial charge in [-0.25, -0.2) is 9.40 Å². The lowest BCUT2D eigenvalue weighted by Crippen LogP contribution is -2.33. The van der Waals surface area contributed by atoms with E-state index in [-0.39, 0.29) is 11.9 Å². The maximum Gasteiger partial charge on any atom is 0.213 e. The van der Waals surface area contributed by atoms with E-state index in [9.17, 15) is 4.39 Å². The minimum Gasteiger partial charge on any atom is -0.464 e. The second-order valence-corrected chi connectivity index (χ2v) is 8.83. The lowest BCUT2D eigenvalue weighted by Gasteiger charge is -2.38. The summed E-state index contributed by atoms with van der Waals surface area (Å²) >= 11 is 3.58. The van der Waals surface area contributed by atoms with Crippen LogP contribution in [0.1, 0.15) is 35.4 Å². The van der Waals surface area contributed by atoms with E-state index in [1.807, 2.05) is 35.3 Å². The third-order valence-corrected chi connectivity index (χ3v) is 6.46. The van der Waals surface area contributed by atoms with Gasteiger partial charge < -0.3 is 4.74 Å². The molecular weight excluding hydrogens is 455 g/mol. The van der Waals surface area contributed by atoms with Gasteiger partial charge in [-0.3, -0.25) is 0 Å². The minimum atomic E-state index is -0.479. The van der Waals surface area contributed by atoms with Crippen LogP contribution in [0.3, 0.4) is 0 Å². The Kier molecular flexibility index (Phi) is 4.32. The zero-order valence-electron chi connectivity index (χ0n) is 16.5. The van der Waals surface area contributed by atoms with E-state index in [4.69, 9.17) is 9.84 Å². The van der Waals surface area contributed by atoms with E-state index < -0.39 is 6.23 Å². The van der Waals surface area contributed by atoms with Gasteiger partial charge in [-0.05, 0) is 52.7 Å². The molecule has 4 aromatic carbocycles. The molecule has 0 fully saturated rings. The number of nitrogens with zero attached hydrogens (tertiary/aromatic N) is 2. The first kappa shape index (κ1) is 18.6. The summed E-state index contributed by atoms with van der Waals surface area (Å²) in [5.41, 5.74) is 3.94. The molecule has 0 saturated heterocycles. The standard InChI is InChI=1S/C26H18BrFN2O/c27-20-10-11-25-22(14-20)24-15-23(18-9-8-16-4-1-2-5-17(16)12-18)29-30(24)26(31-25)19-6-3-7-21(28)13-19/h1-14,24,26H,15H2/t24-,26+/m1/s1. The van der Waals surface area contributed by atoms with E-state index in [1.54, 1.807) is 6.07 Å². The number of fused-ring (bicyclic) bond motifs is 4. The Labute approximate surface area is 187 Å². The van der Waals surface area contributed by atoms with Gasteiger partial charge in [-0.1, -0.05) is 64.5 Å². The molecule has 6 rings (SSSR count). The van der Waals surface area contributed by atoms with Crippen molar-refractivity contribution in [2.75, 3.05) is 0 Å². The molecule has 0 bridgehead atoms. The highest BCUT2D eigenvalue weighted by Gasteiger charge is 2.41. The van der Waals surface area contributed by atoms with Crippen molar-refractivity contribution in [1.82, 2.24) is 5.01 Å². The molecule has 2 aliphatic rings. The Morgan fingerprint density at radius 3 is 2.65 bits per heavy atom. The van der Waals surface area contributed by atoms with E-state index in [2.05, 4.69) is 52.3 Å². The van der Waals surface area contributed by atoms with Crippen molar-refractivity contribution in [3.05, 3.63) is 112 Å². The molecule has 2 heterocycles. The van der Waals surface area contributed by atoms with Crippen LogP contribution in [0.2, 0.25) is 0 Å². The summed E-state index contributed by atoms with van der Waals surface area (Å²) in [7, 11) is 0. The molecule has 0 spiro atoms. The summed E-state index contributed by atoms with van der Waals surface area (Å²) in [6, 6.07) is 27.4. The molecule has 152 valence electrons. The summed E-state index contributed by atoms with van der Waals surface area (Å²) in [5, 5.41) is 9.37. The molecule has 0 amide bonds.